The standard InChI is InChI=1S/C12H16N2O4S2/c1-2-18-10-6-4-3-5-9(10)14-12(15)8-20(16,17)7-11(13)19/h3-6H,2,7-8H2,1H3,(H2,13,19)(H,14,15). The van der Waals surface area contributed by atoms with Crippen molar-refractivity contribution in [1.29, 1.82) is 0 Å². The van der Waals surface area contributed by atoms with Crippen LogP contribution in [0.5, 0.6) is 5.75 Å². The van der Waals surface area contributed by atoms with Gasteiger partial charge in [0.15, 0.2) is 9.84 Å². The molecule has 3 N–H and O–H groups in total. The quantitative estimate of drug-likeness (QED) is 0.719. The Labute approximate surface area is 123 Å². The second-order valence-electron chi connectivity index (χ2n) is 3.98. The zero-order chi connectivity index (χ0) is 15.2. The Morgan fingerprint density at radius 3 is 2.60 bits per heavy atom. The van der Waals surface area contributed by atoms with E-state index in [1.54, 1.807) is 24.3 Å². The fraction of sp³-hybridized carbons (Fsp3) is 0.333. The van der Waals surface area contributed by atoms with Gasteiger partial charge in [-0.1, -0.05) is 24.4 Å². The monoisotopic (exact) mass is 316 g/mol. The molecule has 6 nitrogen and oxygen atoms in total. The molecule has 1 aromatic rings. The fourth-order valence-electron chi connectivity index (χ4n) is 1.51. The van der Waals surface area contributed by atoms with Crippen molar-refractivity contribution in [2.75, 3.05) is 23.4 Å². The molecule has 0 fully saturated rings. The van der Waals surface area contributed by atoms with Crippen molar-refractivity contribution in [1.82, 2.24) is 0 Å². The molecule has 0 atom stereocenters. The number of benzene rings is 1. The van der Waals surface area contributed by atoms with E-state index in [2.05, 4.69) is 17.5 Å². The van der Waals surface area contributed by atoms with Crippen molar-refractivity contribution in [2.24, 2.45) is 5.73 Å². The number of sulfone groups is 1. The molecule has 1 aromatic carbocycles. The van der Waals surface area contributed by atoms with Crippen LogP contribution in [0.15, 0.2) is 24.3 Å². The molecule has 0 aliphatic heterocycles. The van der Waals surface area contributed by atoms with E-state index in [4.69, 9.17) is 10.5 Å². The number of amides is 1. The van der Waals surface area contributed by atoms with Crippen LogP contribution in [0.4, 0.5) is 5.69 Å². The number of hydrogen-bond acceptors (Lipinski definition) is 5. The first-order chi connectivity index (χ1) is 9.34. The molecule has 20 heavy (non-hydrogen) atoms. The van der Waals surface area contributed by atoms with E-state index >= 15 is 0 Å². The highest BCUT2D eigenvalue weighted by Gasteiger charge is 2.18. The number of rotatable bonds is 7. The van der Waals surface area contributed by atoms with Gasteiger partial charge in [0, 0.05) is 0 Å². The molecule has 0 bridgehead atoms. The number of carbonyl (C=O) groups excluding carboxylic acids is 1. The van der Waals surface area contributed by atoms with Gasteiger partial charge in [-0.05, 0) is 19.1 Å². The minimum atomic E-state index is -3.64. The van der Waals surface area contributed by atoms with Gasteiger partial charge in [-0.2, -0.15) is 0 Å². The van der Waals surface area contributed by atoms with Crippen LogP contribution in [0.3, 0.4) is 0 Å². The maximum Gasteiger partial charge on any atom is 0.239 e. The smallest absolute Gasteiger partial charge is 0.239 e. The minimum Gasteiger partial charge on any atom is -0.492 e. The average Bonchev–Trinajstić information content (AvgIpc) is 2.29. The number of anilines is 1. The zero-order valence-electron chi connectivity index (χ0n) is 11.0. The van der Waals surface area contributed by atoms with Crippen LogP contribution in [-0.2, 0) is 14.6 Å². The first-order valence-electron chi connectivity index (χ1n) is 5.84. The normalized spacial score (nSPS) is 10.8. The SMILES string of the molecule is CCOc1ccccc1NC(=O)CS(=O)(=O)CC(N)=S. The zero-order valence-corrected chi connectivity index (χ0v) is 12.6. The lowest BCUT2D eigenvalue weighted by Gasteiger charge is -2.11. The second kappa shape index (κ2) is 7.20. The van der Waals surface area contributed by atoms with E-state index in [1.807, 2.05) is 6.92 Å². The minimum absolute atomic E-state index is 0.160. The summed E-state index contributed by atoms with van der Waals surface area (Å²) in [5, 5.41) is 2.50. The highest BCUT2D eigenvalue weighted by molar-refractivity contribution is 7.94. The third-order valence-corrected chi connectivity index (χ3v) is 3.95. The molecular weight excluding hydrogens is 300 g/mol. The van der Waals surface area contributed by atoms with Gasteiger partial charge in [0.05, 0.1) is 17.3 Å². The molecule has 0 saturated carbocycles. The van der Waals surface area contributed by atoms with Gasteiger partial charge in [-0.25, -0.2) is 8.42 Å². The van der Waals surface area contributed by atoms with Gasteiger partial charge >= 0.3 is 0 Å². The van der Waals surface area contributed by atoms with Gasteiger partial charge in [0.1, 0.15) is 17.3 Å². The maximum absolute atomic E-state index is 11.7. The number of nitrogens with two attached hydrogens (primary N) is 1. The largest absolute Gasteiger partial charge is 0.492 e. The molecule has 0 aliphatic carbocycles. The Bertz CT molecular complexity index is 599. The molecule has 0 heterocycles. The topological polar surface area (TPSA) is 98.5 Å². The number of carbonyl (C=O) groups is 1. The molecular formula is C12H16N2O4S2. The Balaban J connectivity index is 2.74. The van der Waals surface area contributed by atoms with Gasteiger partial charge in [0.2, 0.25) is 5.91 Å². The summed E-state index contributed by atoms with van der Waals surface area (Å²) < 4.78 is 28.5. The van der Waals surface area contributed by atoms with Crippen molar-refractivity contribution in [3.05, 3.63) is 24.3 Å². The van der Waals surface area contributed by atoms with Crippen LogP contribution in [0, 0.1) is 0 Å². The van der Waals surface area contributed by atoms with Gasteiger partial charge < -0.3 is 15.8 Å². The van der Waals surface area contributed by atoms with Crippen LogP contribution < -0.4 is 15.8 Å². The molecule has 0 aliphatic rings. The van der Waals surface area contributed by atoms with Crippen LogP contribution in [0.25, 0.3) is 0 Å². The van der Waals surface area contributed by atoms with Crippen LogP contribution in [0.2, 0.25) is 0 Å². The van der Waals surface area contributed by atoms with E-state index in [0.29, 0.717) is 18.0 Å². The summed E-state index contributed by atoms with van der Waals surface area (Å²) in [6.07, 6.45) is 0. The lowest BCUT2D eigenvalue weighted by atomic mass is 10.3. The molecule has 0 saturated heterocycles. The second-order valence-corrected chi connectivity index (χ2v) is 6.56. The van der Waals surface area contributed by atoms with Crippen LogP contribution >= 0.6 is 12.2 Å². The van der Waals surface area contributed by atoms with Crippen LogP contribution in [-0.4, -0.2) is 37.4 Å². The van der Waals surface area contributed by atoms with E-state index in [0.717, 1.165) is 0 Å². The van der Waals surface area contributed by atoms with Crippen molar-refractivity contribution < 1.29 is 17.9 Å². The highest BCUT2D eigenvalue weighted by Crippen LogP contribution is 2.23. The molecule has 1 rings (SSSR count). The average molecular weight is 316 g/mol. The maximum atomic E-state index is 11.7. The van der Waals surface area contributed by atoms with Crippen molar-refractivity contribution >= 4 is 38.6 Å². The van der Waals surface area contributed by atoms with E-state index < -0.39 is 27.3 Å². The molecule has 0 radical (unpaired) electrons. The predicted octanol–water partition coefficient (Wildman–Crippen LogP) is 0.725. The van der Waals surface area contributed by atoms with E-state index in [1.165, 1.54) is 0 Å². The Morgan fingerprint density at radius 2 is 2.00 bits per heavy atom. The summed E-state index contributed by atoms with van der Waals surface area (Å²) in [4.78, 5) is 11.6. The first kappa shape index (κ1) is 16.4. The summed E-state index contributed by atoms with van der Waals surface area (Å²) in [6.45, 7) is 2.25. The number of nitrogens with one attached hydrogen (secondary N) is 1. The van der Waals surface area contributed by atoms with Crippen LogP contribution in [0.1, 0.15) is 6.92 Å². The Hall–Kier alpha value is -1.67. The molecule has 0 aromatic heterocycles. The number of hydrogen-bond donors (Lipinski definition) is 2. The summed E-state index contributed by atoms with van der Waals surface area (Å²) in [6, 6.07) is 6.78. The predicted molar refractivity (Wildman–Crippen MR) is 81.7 cm³/mol. The summed E-state index contributed by atoms with van der Waals surface area (Å²) in [7, 11) is -3.64. The lowest BCUT2D eigenvalue weighted by Crippen LogP contribution is -2.29. The Morgan fingerprint density at radius 1 is 1.35 bits per heavy atom. The van der Waals surface area contributed by atoms with Crippen molar-refractivity contribution in [3.8, 4) is 5.75 Å². The van der Waals surface area contributed by atoms with Gasteiger partial charge in [0.25, 0.3) is 0 Å². The lowest BCUT2D eigenvalue weighted by molar-refractivity contribution is -0.113. The summed E-state index contributed by atoms with van der Waals surface area (Å²) in [5.41, 5.74) is 5.59. The summed E-state index contributed by atoms with van der Waals surface area (Å²) >= 11 is 4.53. The number of para-hydroxylation sites is 2. The molecule has 0 spiro atoms. The first-order valence-corrected chi connectivity index (χ1v) is 8.07. The number of thiocarbonyl (C=S) groups is 1. The van der Waals surface area contributed by atoms with Gasteiger partial charge in [-0.15, -0.1) is 0 Å². The number of ether oxygens (including phenoxy) is 1. The van der Waals surface area contributed by atoms with Crippen molar-refractivity contribution in [2.45, 2.75) is 6.92 Å². The third-order valence-electron chi connectivity index (χ3n) is 2.17. The van der Waals surface area contributed by atoms with E-state index in [9.17, 15) is 13.2 Å². The highest BCUT2D eigenvalue weighted by atomic mass is 32.2. The molecule has 0 unspecified atom stereocenters. The summed E-state index contributed by atoms with van der Waals surface area (Å²) in [5.74, 6) is -1.34. The third kappa shape index (κ3) is 5.54. The fourth-order valence-corrected chi connectivity index (χ4v) is 3.05. The molecule has 1 amide bonds. The molecule has 8 heteroatoms. The Kier molecular flexibility index (Phi) is 5.90. The van der Waals surface area contributed by atoms with Crippen molar-refractivity contribution in [3.63, 3.8) is 0 Å². The molecule has 110 valence electrons. The van der Waals surface area contributed by atoms with E-state index in [-0.39, 0.29) is 4.99 Å². The van der Waals surface area contributed by atoms with Gasteiger partial charge in [-0.3, -0.25) is 4.79 Å².